The summed E-state index contributed by atoms with van der Waals surface area (Å²) in [5.74, 6) is 0.493. The maximum Gasteiger partial charge on any atom is 0.311 e. The Balaban J connectivity index is 1.94. The van der Waals surface area contributed by atoms with Gasteiger partial charge in [0, 0.05) is 0 Å². The first-order valence-electron chi connectivity index (χ1n) is 7.04. The first-order chi connectivity index (χ1) is 9.11. The van der Waals surface area contributed by atoms with Gasteiger partial charge in [-0.1, -0.05) is 51.0 Å². The molecule has 0 atom stereocenters. The summed E-state index contributed by atoms with van der Waals surface area (Å²) in [4.78, 5) is 12.0. The monoisotopic (exact) mass is 258 g/mol. The van der Waals surface area contributed by atoms with Gasteiger partial charge in [-0.15, -0.1) is 0 Å². The van der Waals surface area contributed by atoms with Crippen molar-refractivity contribution in [1.82, 2.24) is 0 Å². The minimum atomic E-state index is -0.120. The number of carbonyl (C=O) groups is 1. The van der Waals surface area contributed by atoms with E-state index in [2.05, 4.69) is 13.5 Å². The molecule has 0 aromatic heterocycles. The van der Waals surface area contributed by atoms with Crippen molar-refractivity contribution in [3.63, 3.8) is 0 Å². The van der Waals surface area contributed by atoms with E-state index in [1.807, 2.05) is 24.3 Å². The zero-order chi connectivity index (χ0) is 13.7. The summed E-state index contributed by atoms with van der Waals surface area (Å²) in [6, 6.07) is 7.47. The molecule has 0 radical (unpaired) electrons. The molecule has 1 fully saturated rings. The van der Waals surface area contributed by atoms with Gasteiger partial charge in [0.05, 0.1) is 6.42 Å². The van der Waals surface area contributed by atoms with Crippen LogP contribution in [0.4, 0.5) is 0 Å². The lowest BCUT2D eigenvalue weighted by molar-refractivity contribution is -0.137. The van der Waals surface area contributed by atoms with Gasteiger partial charge in [-0.2, -0.15) is 0 Å². The molecule has 1 aromatic rings. The Bertz CT molecular complexity index is 456. The third-order valence-electron chi connectivity index (χ3n) is 3.96. The third-order valence-corrected chi connectivity index (χ3v) is 3.96. The summed E-state index contributed by atoms with van der Waals surface area (Å²) >= 11 is 0. The predicted octanol–water partition coefficient (Wildman–Crippen LogP) is 4.60. The van der Waals surface area contributed by atoms with Gasteiger partial charge in [-0.25, -0.2) is 0 Å². The summed E-state index contributed by atoms with van der Waals surface area (Å²) in [7, 11) is 0. The molecule has 0 unspecified atom stereocenters. The Hall–Kier alpha value is -1.57. The number of ether oxygens (including phenoxy) is 1. The Kier molecular flexibility index (Phi) is 4.41. The summed E-state index contributed by atoms with van der Waals surface area (Å²) < 4.78 is 5.44. The molecule has 0 heterocycles. The molecule has 0 spiro atoms. The van der Waals surface area contributed by atoms with Gasteiger partial charge in [0.25, 0.3) is 0 Å². The molecule has 0 bridgehead atoms. The van der Waals surface area contributed by atoms with E-state index in [1.165, 1.54) is 19.3 Å². The van der Waals surface area contributed by atoms with Crippen LogP contribution in [0.5, 0.6) is 5.75 Å². The average Bonchev–Trinajstić information content (AvgIpc) is 2.39. The second-order valence-electron chi connectivity index (χ2n) is 5.80. The fraction of sp³-hybridized carbons (Fsp3) is 0.471. The highest BCUT2D eigenvalue weighted by Crippen LogP contribution is 2.38. The van der Waals surface area contributed by atoms with Gasteiger partial charge in [0.15, 0.2) is 0 Å². The van der Waals surface area contributed by atoms with Crippen molar-refractivity contribution >= 4 is 12.0 Å². The molecule has 0 aliphatic heterocycles. The van der Waals surface area contributed by atoms with E-state index in [0.29, 0.717) is 12.2 Å². The van der Waals surface area contributed by atoms with Crippen LogP contribution in [-0.4, -0.2) is 5.97 Å². The van der Waals surface area contributed by atoms with Crippen molar-refractivity contribution < 1.29 is 9.53 Å². The summed E-state index contributed by atoms with van der Waals surface area (Å²) in [5.41, 5.74) is 1.10. The summed E-state index contributed by atoms with van der Waals surface area (Å²) in [6.45, 7) is 5.92. The minimum Gasteiger partial charge on any atom is -0.426 e. The highest BCUT2D eigenvalue weighted by atomic mass is 16.5. The lowest BCUT2D eigenvalue weighted by atomic mass is 9.73. The Morgan fingerprint density at radius 1 is 1.37 bits per heavy atom. The fourth-order valence-electron chi connectivity index (χ4n) is 2.80. The third kappa shape index (κ3) is 3.95. The topological polar surface area (TPSA) is 26.3 Å². The van der Waals surface area contributed by atoms with Gasteiger partial charge in [0.2, 0.25) is 0 Å². The highest BCUT2D eigenvalue weighted by molar-refractivity contribution is 5.73. The van der Waals surface area contributed by atoms with Crippen molar-refractivity contribution in [2.45, 2.75) is 45.4 Å². The van der Waals surface area contributed by atoms with Crippen LogP contribution >= 0.6 is 0 Å². The van der Waals surface area contributed by atoms with E-state index in [9.17, 15) is 4.79 Å². The van der Waals surface area contributed by atoms with Crippen LogP contribution in [0.2, 0.25) is 0 Å². The maximum absolute atomic E-state index is 12.0. The van der Waals surface area contributed by atoms with Gasteiger partial charge >= 0.3 is 5.97 Å². The van der Waals surface area contributed by atoms with Gasteiger partial charge < -0.3 is 4.74 Å². The average molecular weight is 258 g/mol. The van der Waals surface area contributed by atoms with Crippen LogP contribution in [0.3, 0.4) is 0 Å². The van der Waals surface area contributed by atoms with E-state index in [-0.39, 0.29) is 11.4 Å². The van der Waals surface area contributed by atoms with E-state index in [1.54, 1.807) is 6.08 Å². The van der Waals surface area contributed by atoms with E-state index in [4.69, 9.17) is 4.74 Å². The molecule has 0 N–H and O–H groups in total. The molecule has 1 saturated carbocycles. The summed E-state index contributed by atoms with van der Waals surface area (Å²) in [6.07, 6.45) is 8.30. The van der Waals surface area contributed by atoms with Gasteiger partial charge in [0.1, 0.15) is 5.75 Å². The van der Waals surface area contributed by atoms with Crippen LogP contribution < -0.4 is 4.74 Å². The molecule has 2 rings (SSSR count). The Morgan fingerprint density at radius 3 is 2.79 bits per heavy atom. The first kappa shape index (κ1) is 13.9. The van der Waals surface area contributed by atoms with Crippen molar-refractivity contribution in [2.24, 2.45) is 5.41 Å². The normalized spacial score (nSPS) is 17.7. The Morgan fingerprint density at radius 2 is 2.11 bits per heavy atom. The van der Waals surface area contributed by atoms with Crippen LogP contribution in [0, 0.1) is 5.41 Å². The second kappa shape index (κ2) is 6.05. The lowest BCUT2D eigenvalue weighted by Gasteiger charge is -2.32. The number of hydrogen-bond donors (Lipinski definition) is 0. The zero-order valence-electron chi connectivity index (χ0n) is 11.7. The first-order valence-corrected chi connectivity index (χ1v) is 7.04. The number of rotatable bonds is 4. The number of esters is 1. The van der Waals surface area contributed by atoms with Crippen molar-refractivity contribution in [2.75, 3.05) is 0 Å². The fourth-order valence-corrected chi connectivity index (χ4v) is 2.80. The van der Waals surface area contributed by atoms with Crippen molar-refractivity contribution in [3.05, 3.63) is 36.4 Å². The van der Waals surface area contributed by atoms with Crippen LogP contribution in [0.15, 0.2) is 30.8 Å². The second-order valence-corrected chi connectivity index (χ2v) is 5.80. The van der Waals surface area contributed by atoms with Crippen LogP contribution in [-0.2, 0) is 4.79 Å². The van der Waals surface area contributed by atoms with E-state index in [0.717, 1.165) is 18.4 Å². The molecule has 0 amide bonds. The molecule has 0 saturated heterocycles. The molecular weight excluding hydrogens is 236 g/mol. The Labute approximate surface area is 115 Å². The minimum absolute atomic E-state index is 0.120. The molecule has 2 heteroatoms. The predicted molar refractivity (Wildman–Crippen MR) is 78.0 cm³/mol. The largest absolute Gasteiger partial charge is 0.426 e. The maximum atomic E-state index is 12.0. The molecule has 1 aliphatic carbocycles. The molecule has 1 aliphatic rings. The van der Waals surface area contributed by atoms with Crippen LogP contribution in [0.1, 0.15) is 51.0 Å². The van der Waals surface area contributed by atoms with Crippen LogP contribution in [0.25, 0.3) is 6.08 Å². The molecule has 19 heavy (non-hydrogen) atoms. The number of hydrogen-bond acceptors (Lipinski definition) is 2. The van der Waals surface area contributed by atoms with Crippen molar-refractivity contribution in [1.29, 1.82) is 0 Å². The number of carbonyl (C=O) groups excluding carboxylic acids is 1. The standard InChI is InChI=1S/C17H22O2/c1-3-14-8-7-9-15(12-14)19-16(18)13-17(2)10-5-4-6-11-17/h3,7-9,12H,1,4-6,10-11,13H2,2H3. The zero-order valence-corrected chi connectivity index (χ0v) is 11.7. The molecule has 102 valence electrons. The van der Waals surface area contributed by atoms with E-state index >= 15 is 0 Å². The summed E-state index contributed by atoms with van der Waals surface area (Å²) in [5, 5.41) is 0. The highest BCUT2D eigenvalue weighted by Gasteiger charge is 2.30. The number of benzene rings is 1. The van der Waals surface area contributed by atoms with Gasteiger partial charge in [-0.05, 0) is 36.0 Å². The smallest absolute Gasteiger partial charge is 0.311 e. The molecular formula is C17H22O2. The molecule has 1 aromatic carbocycles. The van der Waals surface area contributed by atoms with Gasteiger partial charge in [-0.3, -0.25) is 4.79 Å². The lowest BCUT2D eigenvalue weighted by Crippen LogP contribution is -2.26. The molecule has 2 nitrogen and oxygen atoms in total. The SMILES string of the molecule is C=Cc1cccc(OC(=O)CC2(C)CCCCC2)c1. The van der Waals surface area contributed by atoms with Crippen molar-refractivity contribution in [3.8, 4) is 5.75 Å². The van der Waals surface area contributed by atoms with E-state index < -0.39 is 0 Å². The quantitative estimate of drug-likeness (QED) is 0.583.